The summed E-state index contributed by atoms with van der Waals surface area (Å²) in [5.41, 5.74) is 1.92. The van der Waals surface area contributed by atoms with Gasteiger partial charge >= 0.3 is 0 Å². The van der Waals surface area contributed by atoms with E-state index in [1.54, 1.807) is 0 Å². The highest BCUT2D eigenvalue weighted by Gasteiger charge is 2.48. The summed E-state index contributed by atoms with van der Waals surface area (Å²) in [5.74, 6) is -3.50. The van der Waals surface area contributed by atoms with Gasteiger partial charge in [0.1, 0.15) is 0 Å². The van der Waals surface area contributed by atoms with Crippen LogP contribution in [-0.4, -0.2) is 24.9 Å². The monoisotopic (exact) mass is 387 g/mol. The highest BCUT2D eigenvalue weighted by molar-refractivity contribution is 6.03. The van der Waals surface area contributed by atoms with Crippen molar-refractivity contribution in [3.8, 4) is 0 Å². The SMILES string of the molecule is CCN(CC)c1ccc(NC(=O)C2CC2C(=O)Nc2ccc(F)c(F)c2)cc1. The summed E-state index contributed by atoms with van der Waals surface area (Å²) in [5, 5.41) is 5.35. The Morgan fingerprint density at radius 3 is 1.96 bits per heavy atom. The molecule has 1 aliphatic rings. The first-order valence-corrected chi connectivity index (χ1v) is 9.34. The zero-order chi connectivity index (χ0) is 20.3. The first kappa shape index (κ1) is 19.8. The summed E-state index contributed by atoms with van der Waals surface area (Å²) in [6.45, 7) is 5.97. The van der Waals surface area contributed by atoms with Crippen LogP contribution in [0.3, 0.4) is 0 Å². The van der Waals surface area contributed by atoms with Crippen molar-refractivity contribution in [1.82, 2.24) is 0 Å². The van der Waals surface area contributed by atoms with Crippen LogP contribution < -0.4 is 15.5 Å². The highest BCUT2D eigenvalue weighted by atomic mass is 19.2. The van der Waals surface area contributed by atoms with E-state index in [0.717, 1.165) is 30.9 Å². The maximum atomic E-state index is 13.2. The van der Waals surface area contributed by atoms with E-state index in [2.05, 4.69) is 29.4 Å². The van der Waals surface area contributed by atoms with Crippen LogP contribution in [0, 0.1) is 23.5 Å². The topological polar surface area (TPSA) is 61.4 Å². The summed E-state index contributed by atoms with van der Waals surface area (Å²) in [6.07, 6.45) is 0.429. The van der Waals surface area contributed by atoms with E-state index in [1.807, 2.05) is 24.3 Å². The highest BCUT2D eigenvalue weighted by Crippen LogP contribution is 2.40. The molecule has 7 heteroatoms. The molecule has 0 bridgehead atoms. The van der Waals surface area contributed by atoms with Crippen molar-refractivity contribution < 1.29 is 18.4 Å². The zero-order valence-electron chi connectivity index (χ0n) is 15.8. The number of rotatable bonds is 7. The molecule has 2 atom stereocenters. The second kappa shape index (κ2) is 8.37. The van der Waals surface area contributed by atoms with Gasteiger partial charge in [0.25, 0.3) is 0 Å². The molecule has 0 aromatic heterocycles. The number of hydrogen-bond acceptors (Lipinski definition) is 3. The lowest BCUT2D eigenvalue weighted by Crippen LogP contribution is -2.22. The van der Waals surface area contributed by atoms with Crippen molar-refractivity contribution in [1.29, 1.82) is 0 Å². The molecule has 28 heavy (non-hydrogen) atoms. The third-order valence-corrected chi connectivity index (χ3v) is 4.91. The van der Waals surface area contributed by atoms with Gasteiger partial charge in [-0.25, -0.2) is 8.78 Å². The summed E-state index contributed by atoms with van der Waals surface area (Å²) in [6, 6.07) is 10.7. The van der Waals surface area contributed by atoms with Gasteiger partial charge < -0.3 is 15.5 Å². The molecule has 1 saturated carbocycles. The van der Waals surface area contributed by atoms with Crippen molar-refractivity contribution in [2.24, 2.45) is 11.8 Å². The number of halogens is 2. The van der Waals surface area contributed by atoms with Crippen molar-refractivity contribution >= 4 is 28.9 Å². The van der Waals surface area contributed by atoms with Gasteiger partial charge in [0.2, 0.25) is 11.8 Å². The first-order valence-electron chi connectivity index (χ1n) is 9.34. The molecule has 1 fully saturated rings. The fourth-order valence-electron chi connectivity index (χ4n) is 3.16. The van der Waals surface area contributed by atoms with Crippen LogP contribution in [0.5, 0.6) is 0 Å². The molecule has 1 aliphatic carbocycles. The van der Waals surface area contributed by atoms with Crippen molar-refractivity contribution in [3.05, 3.63) is 54.1 Å². The standard InChI is InChI=1S/C21H23F2N3O2/c1-3-26(4-2)15-8-5-13(6-9-15)24-20(27)16-12-17(16)21(28)25-14-7-10-18(22)19(23)11-14/h5-11,16-17H,3-4,12H2,1-2H3,(H,24,27)(H,25,28). The zero-order valence-corrected chi connectivity index (χ0v) is 15.8. The average Bonchev–Trinajstić information content (AvgIpc) is 3.48. The second-order valence-electron chi connectivity index (χ2n) is 6.78. The fourth-order valence-corrected chi connectivity index (χ4v) is 3.16. The molecule has 2 N–H and O–H groups in total. The molecule has 3 rings (SSSR count). The largest absolute Gasteiger partial charge is 0.372 e. The number of nitrogens with one attached hydrogen (secondary N) is 2. The molecule has 5 nitrogen and oxygen atoms in total. The third-order valence-electron chi connectivity index (χ3n) is 4.91. The molecule has 2 aromatic rings. The fraction of sp³-hybridized carbons (Fsp3) is 0.333. The minimum atomic E-state index is -1.03. The Labute approximate surface area is 162 Å². The van der Waals surface area contributed by atoms with E-state index in [9.17, 15) is 18.4 Å². The van der Waals surface area contributed by atoms with Gasteiger partial charge in [-0.15, -0.1) is 0 Å². The van der Waals surface area contributed by atoms with Gasteiger partial charge in [-0.2, -0.15) is 0 Å². The number of benzene rings is 2. The molecular formula is C21H23F2N3O2. The van der Waals surface area contributed by atoms with Gasteiger partial charge in [0.15, 0.2) is 11.6 Å². The van der Waals surface area contributed by atoms with Gasteiger partial charge in [0, 0.05) is 36.2 Å². The Morgan fingerprint density at radius 2 is 1.43 bits per heavy atom. The Morgan fingerprint density at radius 1 is 0.893 bits per heavy atom. The van der Waals surface area contributed by atoms with Crippen molar-refractivity contribution in [3.63, 3.8) is 0 Å². The number of anilines is 3. The summed E-state index contributed by atoms with van der Waals surface area (Å²) in [4.78, 5) is 26.8. The molecule has 0 heterocycles. The maximum absolute atomic E-state index is 13.2. The Balaban J connectivity index is 1.53. The Kier molecular flexibility index (Phi) is 5.92. The molecule has 2 unspecified atom stereocenters. The predicted molar refractivity (Wildman–Crippen MR) is 105 cm³/mol. The van der Waals surface area contributed by atoms with E-state index in [4.69, 9.17) is 0 Å². The first-order chi connectivity index (χ1) is 13.4. The third kappa shape index (κ3) is 4.47. The van der Waals surface area contributed by atoms with Crippen LogP contribution in [0.1, 0.15) is 20.3 Å². The van der Waals surface area contributed by atoms with E-state index in [-0.39, 0.29) is 17.5 Å². The normalized spacial score (nSPS) is 17.7. The minimum absolute atomic E-state index is 0.168. The van der Waals surface area contributed by atoms with E-state index >= 15 is 0 Å². The summed E-state index contributed by atoms with van der Waals surface area (Å²) in [7, 11) is 0. The van der Waals surface area contributed by atoms with Crippen molar-refractivity contribution in [2.45, 2.75) is 20.3 Å². The molecule has 0 spiro atoms. The van der Waals surface area contributed by atoms with Crippen LogP contribution >= 0.6 is 0 Å². The molecule has 148 valence electrons. The number of nitrogens with zero attached hydrogens (tertiary/aromatic N) is 1. The lowest BCUT2D eigenvalue weighted by molar-refractivity contribution is -0.122. The quantitative estimate of drug-likeness (QED) is 0.754. The molecule has 2 amide bonds. The van der Waals surface area contributed by atoms with Gasteiger partial charge in [0.05, 0.1) is 11.8 Å². The molecule has 0 saturated heterocycles. The maximum Gasteiger partial charge on any atom is 0.228 e. The van der Waals surface area contributed by atoms with Gasteiger partial charge in [-0.1, -0.05) is 0 Å². The van der Waals surface area contributed by atoms with Crippen LogP contribution in [0.25, 0.3) is 0 Å². The molecule has 0 aliphatic heterocycles. The lowest BCUT2D eigenvalue weighted by atomic mass is 10.2. The molecular weight excluding hydrogens is 364 g/mol. The minimum Gasteiger partial charge on any atom is -0.372 e. The number of carbonyl (C=O) groups is 2. The van der Waals surface area contributed by atoms with E-state index < -0.39 is 23.5 Å². The lowest BCUT2D eigenvalue weighted by Gasteiger charge is -2.21. The summed E-state index contributed by atoms with van der Waals surface area (Å²) < 4.78 is 26.2. The smallest absolute Gasteiger partial charge is 0.228 e. The Bertz CT molecular complexity index is 866. The molecule has 0 radical (unpaired) electrons. The average molecular weight is 387 g/mol. The van der Waals surface area contributed by atoms with Crippen molar-refractivity contribution in [2.75, 3.05) is 28.6 Å². The predicted octanol–water partition coefficient (Wildman–Crippen LogP) is 4.02. The van der Waals surface area contributed by atoms with Crippen LogP contribution in [0.2, 0.25) is 0 Å². The van der Waals surface area contributed by atoms with Gasteiger partial charge in [-0.05, 0) is 56.7 Å². The number of carbonyl (C=O) groups excluding carboxylic acids is 2. The number of amides is 2. The summed E-state index contributed by atoms with van der Waals surface area (Å²) >= 11 is 0. The number of hydrogen-bond donors (Lipinski definition) is 2. The van der Waals surface area contributed by atoms with E-state index in [0.29, 0.717) is 12.1 Å². The van der Waals surface area contributed by atoms with Crippen LogP contribution in [0.4, 0.5) is 25.8 Å². The second-order valence-corrected chi connectivity index (χ2v) is 6.78. The van der Waals surface area contributed by atoms with Crippen LogP contribution in [-0.2, 0) is 9.59 Å². The van der Waals surface area contributed by atoms with Gasteiger partial charge in [-0.3, -0.25) is 9.59 Å². The Hall–Kier alpha value is -2.96. The van der Waals surface area contributed by atoms with E-state index in [1.165, 1.54) is 6.07 Å². The molecule has 2 aromatic carbocycles. The van der Waals surface area contributed by atoms with Crippen LogP contribution in [0.15, 0.2) is 42.5 Å².